The molecular weight excluding hydrogens is 176 g/mol. The van der Waals surface area contributed by atoms with E-state index in [9.17, 15) is 0 Å². The minimum Gasteiger partial charge on any atom is -0.456 e. The van der Waals surface area contributed by atoms with Crippen molar-refractivity contribution in [1.29, 1.82) is 0 Å². The van der Waals surface area contributed by atoms with E-state index < -0.39 is 0 Å². The number of rotatable bonds is 0. The van der Waals surface area contributed by atoms with Crippen LogP contribution < -0.4 is 4.74 Å². The molecule has 2 rings (SSSR count). The minimum absolute atomic E-state index is 0.568. The van der Waals surface area contributed by atoms with Gasteiger partial charge in [-0.1, -0.05) is 6.58 Å². The summed E-state index contributed by atoms with van der Waals surface area (Å²) in [5, 5.41) is 0. The summed E-state index contributed by atoms with van der Waals surface area (Å²) >= 11 is 0. The monoisotopic (exact) mass is 186 g/mol. The van der Waals surface area contributed by atoms with Crippen molar-refractivity contribution in [3.8, 4) is 5.75 Å². The van der Waals surface area contributed by atoms with Gasteiger partial charge < -0.3 is 4.74 Å². The van der Waals surface area contributed by atoms with Gasteiger partial charge >= 0.3 is 0 Å². The van der Waals surface area contributed by atoms with E-state index in [1.165, 1.54) is 0 Å². The summed E-state index contributed by atoms with van der Waals surface area (Å²) in [6.45, 7) is 3.75. The summed E-state index contributed by atoms with van der Waals surface area (Å²) in [5.41, 5.74) is 1.06. The van der Waals surface area contributed by atoms with Gasteiger partial charge in [0.15, 0.2) is 0 Å². The summed E-state index contributed by atoms with van der Waals surface area (Å²) < 4.78 is 5.49. The first kappa shape index (κ1) is 8.69. The molecule has 0 spiro atoms. The van der Waals surface area contributed by atoms with Crippen LogP contribution in [0.1, 0.15) is 5.56 Å². The minimum atomic E-state index is 0.568. The van der Waals surface area contributed by atoms with Crippen molar-refractivity contribution in [3.63, 3.8) is 0 Å². The molecule has 0 aromatic carbocycles. The fourth-order valence-corrected chi connectivity index (χ4v) is 1.18. The van der Waals surface area contributed by atoms with Crippen molar-refractivity contribution in [2.75, 3.05) is 0 Å². The fraction of sp³-hybridized carbons (Fsp3) is 0.0909. The molecule has 0 radical (unpaired) electrons. The highest BCUT2D eigenvalue weighted by atomic mass is 16.5. The molecular formula is C11H10N2O. The van der Waals surface area contributed by atoms with Crippen LogP contribution in [-0.2, 0) is 6.42 Å². The molecule has 0 saturated heterocycles. The molecule has 1 aromatic heterocycles. The Morgan fingerprint density at radius 1 is 1.43 bits per heavy atom. The molecule has 3 nitrogen and oxygen atoms in total. The van der Waals surface area contributed by atoms with Crippen LogP contribution >= 0.6 is 0 Å². The second-order valence-electron chi connectivity index (χ2n) is 2.90. The van der Waals surface area contributed by atoms with E-state index in [0.717, 1.165) is 17.7 Å². The first-order valence-electron chi connectivity index (χ1n) is 4.34. The predicted molar refractivity (Wildman–Crippen MR) is 55.3 cm³/mol. The second kappa shape index (κ2) is 3.87. The van der Waals surface area contributed by atoms with E-state index in [-0.39, 0.29) is 0 Å². The van der Waals surface area contributed by atoms with Crippen molar-refractivity contribution in [2.24, 2.45) is 4.99 Å². The van der Waals surface area contributed by atoms with Crippen LogP contribution in [-0.4, -0.2) is 11.2 Å². The number of aliphatic imine (C=N–C) groups is 1. The lowest BCUT2D eigenvalue weighted by Crippen LogP contribution is -1.95. The molecule has 2 heterocycles. The standard InChI is InChI=1S/C11H10N2O/c1-9-2-5-12-6-3-10-4-7-13-8-11(10)14-9/h2,4-8H,1,3H2/b5-2-,12-6-. The molecule has 1 aromatic rings. The summed E-state index contributed by atoms with van der Waals surface area (Å²) in [4.78, 5) is 8.07. The first-order chi connectivity index (χ1) is 6.86. The lowest BCUT2D eigenvalue weighted by Gasteiger charge is -2.07. The van der Waals surface area contributed by atoms with Crippen LogP contribution in [0.15, 0.2) is 48.1 Å². The van der Waals surface area contributed by atoms with E-state index in [2.05, 4.69) is 16.6 Å². The molecule has 14 heavy (non-hydrogen) atoms. The Balaban J connectivity index is 2.39. The Kier molecular flexibility index (Phi) is 2.40. The fourth-order valence-electron chi connectivity index (χ4n) is 1.18. The van der Waals surface area contributed by atoms with Gasteiger partial charge in [0.05, 0.1) is 6.20 Å². The number of ether oxygens (including phenoxy) is 1. The molecule has 0 aliphatic carbocycles. The molecule has 0 unspecified atom stereocenters. The second-order valence-corrected chi connectivity index (χ2v) is 2.90. The van der Waals surface area contributed by atoms with E-state index >= 15 is 0 Å². The predicted octanol–water partition coefficient (Wildman–Crippen LogP) is 2.11. The molecule has 0 N–H and O–H groups in total. The summed E-state index contributed by atoms with van der Waals surface area (Å²) in [6.07, 6.45) is 9.39. The quantitative estimate of drug-likeness (QED) is 0.622. The third-order valence-corrected chi connectivity index (χ3v) is 1.87. The average Bonchev–Trinajstić information content (AvgIpc) is 2.27. The number of nitrogens with zero attached hydrogens (tertiary/aromatic N) is 2. The Morgan fingerprint density at radius 2 is 2.36 bits per heavy atom. The van der Waals surface area contributed by atoms with Gasteiger partial charge in [0.1, 0.15) is 11.5 Å². The van der Waals surface area contributed by atoms with Crippen molar-refractivity contribution < 1.29 is 4.74 Å². The van der Waals surface area contributed by atoms with Crippen LogP contribution in [0.3, 0.4) is 0 Å². The lowest BCUT2D eigenvalue weighted by atomic mass is 10.2. The Morgan fingerprint density at radius 3 is 3.29 bits per heavy atom. The summed E-state index contributed by atoms with van der Waals surface area (Å²) in [6, 6.07) is 1.92. The highest BCUT2D eigenvalue weighted by Crippen LogP contribution is 2.19. The van der Waals surface area contributed by atoms with Crippen LogP contribution in [0, 0.1) is 0 Å². The maximum atomic E-state index is 5.49. The van der Waals surface area contributed by atoms with Crippen LogP contribution in [0.2, 0.25) is 0 Å². The number of aromatic nitrogens is 1. The molecule has 0 fully saturated rings. The highest BCUT2D eigenvalue weighted by Gasteiger charge is 2.04. The largest absolute Gasteiger partial charge is 0.456 e. The van der Waals surface area contributed by atoms with Gasteiger partial charge in [-0.2, -0.15) is 0 Å². The highest BCUT2D eigenvalue weighted by molar-refractivity contribution is 5.64. The van der Waals surface area contributed by atoms with Crippen LogP contribution in [0.4, 0.5) is 0 Å². The van der Waals surface area contributed by atoms with Gasteiger partial charge in [-0.25, -0.2) is 0 Å². The molecule has 1 aliphatic rings. The Hall–Kier alpha value is -1.90. The van der Waals surface area contributed by atoms with Crippen molar-refractivity contribution in [2.45, 2.75) is 6.42 Å². The zero-order valence-electron chi connectivity index (χ0n) is 7.68. The third-order valence-electron chi connectivity index (χ3n) is 1.87. The average molecular weight is 186 g/mol. The smallest absolute Gasteiger partial charge is 0.149 e. The lowest BCUT2D eigenvalue weighted by molar-refractivity contribution is 0.441. The molecule has 3 heteroatoms. The SMILES string of the molecule is C=C1/C=C\N=C/Cc2ccncc2O1. The van der Waals surface area contributed by atoms with Gasteiger partial charge in [0.25, 0.3) is 0 Å². The van der Waals surface area contributed by atoms with E-state index in [1.54, 1.807) is 24.7 Å². The first-order valence-corrected chi connectivity index (χ1v) is 4.34. The Labute approximate surface area is 82.5 Å². The molecule has 0 atom stereocenters. The van der Waals surface area contributed by atoms with E-state index in [0.29, 0.717) is 5.76 Å². The molecule has 0 saturated carbocycles. The van der Waals surface area contributed by atoms with Gasteiger partial charge in [0.2, 0.25) is 0 Å². The van der Waals surface area contributed by atoms with Gasteiger partial charge in [0, 0.05) is 30.6 Å². The van der Waals surface area contributed by atoms with Crippen molar-refractivity contribution in [1.82, 2.24) is 4.98 Å². The number of hydrogen-bond acceptors (Lipinski definition) is 3. The topological polar surface area (TPSA) is 34.5 Å². The number of hydrogen-bond donors (Lipinski definition) is 0. The third kappa shape index (κ3) is 1.88. The van der Waals surface area contributed by atoms with Crippen molar-refractivity contribution in [3.05, 3.63) is 48.6 Å². The molecule has 70 valence electrons. The van der Waals surface area contributed by atoms with Crippen molar-refractivity contribution >= 4 is 6.21 Å². The number of pyridine rings is 1. The van der Waals surface area contributed by atoms with Gasteiger partial charge in [-0.05, 0) is 12.1 Å². The number of fused-ring (bicyclic) bond motifs is 1. The van der Waals surface area contributed by atoms with Crippen LogP contribution in [0.5, 0.6) is 5.75 Å². The molecule has 1 aliphatic heterocycles. The Bertz CT molecular complexity index is 408. The number of allylic oxidation sites excluding steroid dienone is 1. The summed E-state index contributed by atoms with van der Waals surface area (Å²) in [7, 11) is 0. The van der Waals surface area contributed by atoms with E-state index in [1.807, 2.05) is 12.3 Å². The van der Waals surface area contributed by atoms with Gasteiger partial charge in [-0.3, -0.25) is 9.98 Å². The van der Waals surface area contributed by atoms with Crippen LogP contribution in [0.25, 0.3) is 0 Å². The molecule has 0 amide bonds. The zero-order chi connectivity index (χ0) is 9.80. The normalized spacial score (nSPS) is 19.6. The molecule has 0 bridgehead atoms. The summed E-state index contributed by atoms with van der Waals surface area (Å²) in [5.74, 6) is 1.31. The van der Waals surface area contributed by atoms with E-state index in [4.69, 9.17) is 4.74 Å². The zero-order valence-corrected chi connectivity index (χ0v) is 7.68. The maximum absolute atomic E-state index is 5.49. The van der Waals surface area contributed by atoms with Gasteiger partial charge in [-0.15, -0.1) is 0 Å². The maximum Gasteiger partial charge on any atom is 0.149 e.